The molecular formula is C43H25N3O. The van der Waals surface area contributed by atoms with E-state index in [1.807, 2.05) is 42.5 Å². The first-order valence-electron chi connectivity index (χ1n) is 15.8. The van der Waals surface area contributed by atoms with E-state index in [2.05, 4.69) is 115 Å². The van der Waals surface area contributed by atoms with Gasteiger partial charge in [-0.05, 0) is 57.1 Å². The Bertz CT molecular complexity index is 2470. The standard InChI is InChI=1S/C43H25N3O/c44-26-27-22-24-28(25-23-27)39-38-30-14-4-11-21-37(30)47-40(38)46-41(45-39)43-34-18-8-5-15-31(34)42(29-12-2-1-3-13-29,32-16-6-9-19-35(32)43)33-17-7-10-20-36(33)43/h1-25H. The second-order valence-corrected chi connectivity index (χ2v) is 12.4. The summed E-state index contributed by atoms with van der Waals surface area (Å²) in [6.45, 7) is 0. The Labute approximate surface area is 271 Å². The average Bonchev–Trinajstić information content (AvgIpc) is 3.53. The van der Waals surface area contributed by atoms with E-state index in [1.54, 1.807) is 0 Å². The predicted molar refractivity (Wildman–Crippen MR) is 183 cm³/mol. The van der Waals surface area contributed by atoms with E-state index in [1.165, 1.54) is 38.9 Å². The van der Waals surface area contributed by atoms with Crippen LogP contribution >= 0.6 is 0 Å². The topological polar surface area (TPSA) is 62.7 Å². The highest BCUT2D eigenvalue weighted by Crippen LogP contribution is 2.65. The van der Waals surface area contributed by atoms with E-state index in [0.717, 1.165) is 27.6 Å². The molecule has 218 valence electrons. The molecule has 6 aromatic carbocycles. The van der Waals surface area contributed by atoms with Crippen LogP contribution in [0, 0.1) is 11.3 Å². The third kappa shape index (κ3) is 3.15. The summed E-state index contributed by atoms with van der Waals surface area (Å²) in [5.41, 5.74) is 10.7. The maximum atomic E-state index is 9.56. The summed E-state index contributed by atoms with van der Waals surface area (Å²) < 4.78 is 6.54. The zero-order valence-corrected chi connectivity index (χ0v) is 25.2. The van der Waals surface area contributed by atoms with Gasteiger partial charge in [-0.15, -0.1) is 0 Å². The molecule has 0 aliphatic heterocycles. The van der Waals surface area contributed by atoms with E-state index >= 15 is 0 Å². The van der Waals surface area contributed by atoms with E-state index in [4.69, 9.17) is 14.4 Å². The van der Waals surface area contributed by atoms with E-state index in [9.17, 15) is 5.26 Å². The number of hydrogen-bond acceptors (Lipinski definition) is 4. The molecule has 4 nitrogen and oxygen atoms in total. The molecule has 0 saturated carbocycles. The monoisotopic (exact) mass is 599 g/mol. The zero-order chi connectivity index (χ0) is 31.2. The fraction of sp³-hybridized carbons (Fsp3) is 0.0465. The Kier molecular flexibility index (Phi) is 5.17. The first-order valence-corrected chi connectivity index (χ1v) is 15.8. The third-order valence-corrected chi connectivity index (χ3v) is 10.3. The van der Waals surface area contributed by atoms with Gasteiger partial charge >= 0.3 is 0 Å². The molecule has 3 aliphatic carbocycles. The molecule has 47 heavy (non-hydrogen) atoms. The first-order chi connectivity index (χ1) is 23.3. The van der Waals surface area contributed by atoms with Crippen LogP contribution in [0.15, 0.2) is 156 Å². The molecule has 4 heteroatoms. The van der Waals surface area contributed by atoms with Crippen LogP contribution in [0.3, 0.4) is 0 Å². The SMILES string of the molecule is N#Cc1ccc(-c2nc(C34c5ccccc5C(c5ccccc5)(c5ccccc53)c3ccccc34)nc3oc4ccccc4c23)cc1. The Morgan fingerprint density at radius 2 is 1.02 bits per heavy atom. The van der Waals surface area contributed by atoms with Gasteiger partial charge < -0.3 is 4.42 Å². The fourth-order valence-electron chi connectivity index (χ4n) is 8.50. The highest BCUT2D eigenvalue weighted by atomic mass is 16.3. The van der Waals surface area contributed by atoms with Crippen molar-refractivity contribution in [2.24, 2.45) is 0 Å². The van der Waals surface area contributed by atoms with Crippen LogP contribution in [0.4, 0.5) is 0 Å². The maximum Gasteiger partial charge on any atom is 0.231 e. The van der Waals surface area contributed by atoms with Gasteiger partial charge in [0.15, 0.2) is 5.82 Å². The molecule has 0 radical (unpaired) electrons. The van der Waals surface area contributed by atoms with Crippen LogP contribution in [-0.2, 0) is 10.8 Å². The summed E-state index contributed by atoms with van der Waals surface area (Å²) in [6.07, 6.45) is 0. The van der Waals surface area contributed by atoms with Crippen LogP contribution in [0.5, 0.6) is 0 Å². The molecule has 11 rings (SSSR count). The van der Waals surface area contributed by atoms with Gasteiger partial charge in [0, 0.05) is 10.9 Å². The first kappa shape index (κ1) is 26.0. The van der Waals surface area contributed by atoms with Crippen molar-refractivity contribution >= 4 is 22.1 Å². The van der Waals surface area contributed by atoms with Gasteiger partial charge in [-0.2, -0.15) is 10.2 Å². The minimum Gasteiger partial charge on any atom is -0.438 e. The molecule has 0 N–H and O–H groups in total. The van der Waals surface area contributed by atoms with Crippen LogP contribution in [0.1, 0.15) is 50.3 Å². The van der Waals surface area contributed by atoms with Crippen molar-refractivity contribution in [1.82, 2.24) is 9.97 Å². The number of fused-ring (bicyclic) bond motifs is 3. The number of aromatic nitrogens is 2. The van der Waals surface area contributed by atoms with E-state index in [0.29, 0.717) is 17.1 Å². The molecule has 0 saturated heterocycles. The molecule has 2 bridgehead atoms. The number of nitrogens with zero attached hydrogens (tertiary/aromatic N) is 3. The minimum absolute atomic E-state index is 0.508. The molecule has 2 aromatic heterocycles. The van der Waals surface area contributed by atoms with Gasteiger partial charge in [0.1, 0.15) is 11.0 Å². The number of hydrogen-bond donors (Lipinski definition) is 0. The van der Waals surface area contributed by atoms with Crippen molar-refractivity contribution in [3.63, 3.8) is 0 Å². The number of furan rings is 1. The smallest absolute Gasteiger partial charge is 0.231 e. The molecule has 0 atom stereocenters. The molecule has 8 aromatic rings. The Morgan fingerprint density at radius 3 is 1.60 bits per heavy atom. The third-order valence-electron chi connectivity index (χ3n) is 10.3. The van der Waals surface area contributed by atoms with Crippen molar-refractivity contribution in [2.45, 2.75) is 10.8 Å². The van der Waals surface area contributed by atoms with Crippen LogP contribution in [0.25, 0.3) is 33.3 Å². The van der Waals surface area contributed by atoms with Gasteiger partial charge in [-0.1, -0.05) is 133 Å². The van der Waals surface area contributed by atoms with Crippen LogP contribution in [0.2, 0.25) is 0 Å². The van der Waals surface area contributed by atoms with E-state index in [-0.39, 0.29) is 0 Å². The molecule has 3 aliphatic rings. The molecule has 0 unspecified atom stereocenters. The lowest BCUT2D eigenvalue weighted by molar-refractivity contribution is 0.533. The summed E-state index contributed by atoms with van der Waals surface area (Å²) in [6, 6.07) is 55.2. The summed E-state index contributed by atoms with van der Waals surface area (Å²) in [5.74, 6) is 0.664. The molecule has 0 amide bonds. The molecule has 2 heterocycles. The number of nitriles is 1. The number of rotatable bonds is 3. The van der Waals surface area contributed by atoms with Crippen molar-refractivity contribution < 1.29 is 4.42 Å². The molecule has 0 fully saturated rings. The minimum atomic E-state index is -0.811. The van der Waals surface area contributed by atoms with Crippen molar-refractivity contribution in [3.05, 3.63) is 202 Å². The predicted octanol–water partition coefficient (Wildman–Crippen LogP) is 9.31. The summed E-state index contributed by atoms with van der Waals surface area (Å²) >= 11 is 0. The molecule has 0 spiro atoms. The number of para-hydroxylation sites is 1. The van der Waals surface area contributed by atoms with Crippen molar-refractivity contribution in [3.8, 4) is 17.3 Å². The van der Waals surface area contributed by atoms with Crippen molar-refractivity contribution in [1.29, 1.82) is 5.26 Å². The molecular weight excluding hydrogens is 574 g/mol. The maximum absolute atomic E-state index is 9.56. The van der Waals surface area contributed by atoms with Gasteiger partial charge in [0.05, 0.1) is 28.1 Å². The summed E-state index contributed by atoms with van der Waals surface area (Å²) in [4.78, 5) is 11.0. The Hall–Kier alpha value is -6.31. The van der Waals surface area contributed by atoms with E-state index < -0.39 is 10.8 Å². The second-order valence-electron chi connectivity index (χ2n) is 12.4. The highest BCUT2D eigenvalue weighted by Gasteiger charge is 2.61. The van der Waals surface area contributed by atoms with Crippen LogP contribution in [-0.4, -0.2) is 9.97 Å². The lowest BCUT2D eigenvalue weighted by atomic mass is 9.45. The lowest BCUT2D eigenvalue weighted by Crippen LogP contribution is -2.52. The number of benzene rings is 6. The average molecular weight is 600 g/mol. The van der Waals surface area contributed by atoms with Gasteiger partial charge in [-0.3, -0.25) is 0 Å². The Morgan fingerprint density at radius 1 is 0.511 bits per heavy atom. The Balaban J connectivity index is 1.40. The van der Waals surface area contributed by atoms with Gasteiger partial charge in [0.2, 0.25) is 5.71 Å². The van der Waals surface area contributed by atoms with Crippen molar-refractivity contribution in [2.75, 3.05) is 0 Å². The van der Waals surface area contributed by atoms with Crippen LogP contribution < -0.4 is 0 Å². The highest BCUT2D eigenvalue weighted by molar-refractivity contribution is 6.10. The lowest BCUT2D eigenvalue weighted by Gasteiger charge is -2.56. The van der Waals surface area contributed by atoms with Gasteiger partial charge in [-0.25, -0.2) is 4.98 Å². The summed E-state index contributed by atoms with van der Waals surface area (Å²) in [5, 5.41) is 11.4. The zero-order valence-electron chi connectivity index (χ0n) is 25.2. The van der Waals surface area contributed by atoms with Gasteiger partial charge in [0.25, 0.3) is 0 Å². The largest absolute Gasteiger partial charge is 0.438 e. The second kappa shape index (κ2) is 9.36. The normalized spacial score (nSPS) is 18.8. The summed E-state index contributed by atoms with van der Waals surface area (Å²) in [7, 11) is 0. The quantitative estimate of drug-likeness (QED) is 0.203. The fourth-order valence-corrected chi connectivity index (χ4v) is 8.50.